The second-order valence-electron chi connectivity index (χ2n) is 6.49. The number of hydrogen-bond donors (Lipinski definition) is 1. The number of ether oxygens (including phenoxy) is 1. The van der Waals surface area contributed by atoms with Gasteiger partial charge in [-0.05, 0) is 29.0 Å². The minimum Gasteiger partial charge on any atom is -0.467 e. The molecular formula is C20H22N2O3S. The highest BCUT2D eigenvalue weighted by molar-refractivity contribution is 7.17. The first kappa shape index (κ1) is 18.2. The van der Waals surface area contributed by atoms with Crippen LogP contribution in [0.1, 0.15) is 29.9 Å². The lowest BCUT2D eigenvalue weighted by molar-refractivity contribution is -0.144. The third kappa shape index (κ3) is 3.65. The van der Waals surface area contributed by atoms with E-state index in [0.29, 0.717) is 12.2 Å². The molecule has 0 bridgehead atoms. The fraction of sp³-hybridized carbons (Fsp3) is 0.300. The van der Waals surface area contributed by atoms with Gasteiger partial charge in [-0.15, -0.1) is 11.3 Å². The summed E-state index contributed by atoms with van der Waals surface area (Å²) in [4.78, 5) is 24.9. The highest BCUT2D eigenvalue weighted by Crippen LogP contribution is 2.26. The van der Waals surface area contributed by atoms with Gasteiger partial charge in [-0.1, -0.05) is 44.2 Å². The molecule has 0 aliphatic carbocycles. The number of carbonyl (C=O) groups is 2. The van der Waals surface area contributed by atoms with Crippen LogP contribution in [0.4, 0.5) is 0 Å². The molecule has 0 aliphatic heterocycles. The molecule has 6 heteroatoms. The number of esters is 1. The van der Waals surface area contributed by atoms with Gasteiger partial charge in [0.25, 0.3) is 5.91 Å². The van der Waals surface area contributed by atoms with E-state index in [9.17, 15) is 9.59 Å². The summed E-state index contributed by atoms with van der Waals surface area (Å²) in [7, 11) is 1.33. The maximum absolute atomic E-state index is 12.9. The molecule has 1 aromatic carbocycles. The molecule has 136 valence electrons. The fourth-order valence-electron chi connectivity index (χ4n) is 2.94. The Morgan fingerprint density at radius 1 is 1.19 bits per heavy atom. The van der Waals surface area contributed by atoms with E-state index >= 15 is 0 Å². The highest BCUT2D eigenvalue weighted by atomic mass is 32.1. The summed E-state index contributed by atoms with van der Waals surface area (Å²) in [5.41, 5.74) is 2.67. The van der Waals surface area contributed by atoms with Crippen LogP contribution in [0.5, 0.6) is 0 Å². The number of carbonyl (C=O) groups excluding carboxylic acids is 2. The number of fused-ring (bicyclic) bond motifs is 1. The zero-order valence-corrected chi connectivity index (χ0v) is 15.9. The van der Waals surface area contributed by atoms with Crippen molar-refractivity contribution >= 4 is 33.4 Å². The van der Waals surface area contributed by atoms with Crippen LogP contribution in [0, 0.1) is 5.92 Å². The molecule has 2 heterocycles. The SMILES string of the molecule is COC(=O)[C@@H](NC(=O)c1cc2sccc2n1Cc1ccccc1)C(C)C. The Labute approximate surface area is 156 Å². The van der Waals surface area contributed by atoms with Crippen LogP contribution in [0.2, 0.25) is 0 Å². The maximum atomic E-state index is 12.9. The molecule has 0 saturated heterocycles. The van der Waals surface area contributed by atoms with E-state index in [1.54, 1.807) is 11.3 Å². The lowest BCUT2D eigenvalue weighted by Crippen LogP contribution is -2.45. The van der Waals surface area contributed by atoms with Crippen molar-refractivity contribution in [2.24, 2.45) is 5.92 Å². The van der Waals surface area contributed by atoms with Crippen molar-refractivity contribution in [3.05, 3.63) is 59.1 Å². The highest BCUT2D eigenvalue weighted by Gasteiger charge is 2.27. The first-order chi connectivity index (χ1) is 12.5. The Kier molecular flexibility index (Phi) is 5.42. The number of methoxy groups -OCH3 is 1. The van der Waals surface area contributed by atoms with E-state index in [0.717, 1.165) is 15.8 Å². The molecule has 1 amide bonds. The van der Waals surface area contributed by atoms with E-state index in [1.807, 2.05) is 66.3 Å². The molecule has 0 unspecified atom stereocenters. The summed E-state index contributed by atoms with van der Waals surface area (Å²) in [5.74, 6) is -0.769. The minimum atomic E-state index is -0.675. The average molecular weight is 370 g/mol. The van der Waals surface area contributed by atoms with Gasteiger partial charge in [0.15, 0.2) is 0 Å². The monoisotopic (exact) mass is 370 g/mol. The standard InChI is InChI=1S/C20H22N2O3S/c1-13(2)18(20(24)25-3)21-19(23)16-11-17-15(9-10-26-17)22(16)12-14-7-5-4-6-8-14/h4-11,13,18H,12H2,1-3H3,(H,21,23)/t18-/m0/s1. The van der Waals surface area contributed by atoms with Gasteiger partial charge in [-0.3, -0.25) is 4.79 Å². The van der Waals surface area contributed by atoms with Crippen LogP contribution in [0.25, 0.3) is 10.2 Å². The molecular weight excluding hydrogens is 348 g/mol. The molecule has 0 aliphatic rings. The van der Waals surface area contributed by atoms with Gasteiger partial charge in [0, 0.05) is 6.54 Å². The van der Waals surface area contributed by atoms with Crippen molar-refractivity contribution in [3.63, 3.8) is 0 Å². The number of aromatic nitrogens is 1. The van der Waals surface area contributed by atoms with Crippen LogP contribution >= 0.6 is 11.3 Å². The van der Waals surface area contributed by atoms with Crippen LogP contribution in [0.3, 0.4) is 0 Å². The number of nitrogens with zero attached hydrogens (tertiary/aromatic N) is 1. The minimum absolute atomic E-state index is 0.0648. The van der Waals surface area contributed by atoms with Crippen molar-refractivity contribution in [2.75, 3.05) is 7.11 Å². The van der Waals surface area contributed by atoms with Gasteiger partial charge >= 0.3 is 5.97 Å². The molecule has 1 atom stereocenters. The van der Waals surface area contributed by atoms with Crippen LogP contribution in [-0.2, 0) is 16.1 Å². The van der Waals surface area contributed by atoms with Gasteiger partial charge < -0.3 is 14.6 Å². The van der Waals surface area contributed by atoms with Gasteiger partial charge in [0.1, 0.15) is 11.7 Å². The van der Waals surface area contributed by atoms with Gasteiger partial charge in [0.05, 0.1) is 17.3 Å². The smallest absolute Gasteiger partial charge is 0.328 e. The Bertz CT molecular complexity index is 912. The molecule has 0 radical (unpaired) electrons. The normalized spacial score (nSPS) is 12.3. The Hall–Kier alpha value is -2.60. The third-order valence-corrected chi connectivity index (χ3v) is 5.20. The van der Waals surface area contributed by atoms with Crippen LogP contribution in [0.15, 0.2) is 47.8 Å². The number of rotatable bonds is 6. The molecule has 2 aromatic heterocycles. The topological polar surface area (TPSA) is 60.3 Å². The zero-order valence-electron chi connectivity index (χ0n) is 15.1. The first-order valence-electron chi connectivity index (χ1n) is 8.50. The molecule has 5 nitrogen and oxygen atoms in total. The summed E-state index contributed by atoms with van der Waals surface area (Å²) in [6.45, 7) is 4.35. The quantitative estimate of drug-likeness (QED) is 0.674. The number of hydrogen-bond acceptors (Lipinski definition) is 4. The predicted molar refractivity (Wildman–Crippen MR) is 103 cm³/mol. The summed E-state index contributed by atoms with van der Waals surface area (Å²) in [5, 5.41) is 4.84. The zero-order chi connectivity index (χ0) is 18.7. The van der Waals surface area contributed by atoms with E-state index in [4.69, 9.17) is 4.74 Å². The second kappa shape index (κ2) is 7.74. The maximum Gasteiger partial charge on any atom is 0.328 e. The summed E-state index contributed by atoms with van der Waals surface area (Å²) in [6.07, 6.45) is 0. The van der Waals surface area contributed by atoms with Crippen LogP contribution in [-0.4, -0.2) is 29.6 Å². The molecule has 1 N–H and O–H groups in total. The van der Waals surface area contributed by atoms with Crippen LogP contribution < -0.4 is 5.32 Å². The van der Waals surface area contributed by atoms with Crippen molar-refractivity contribution in [1.29, 1.82) is 0 Å². The number of benzene rings is 1. The van der Waals surface area contributed by atoms with Crippen molar-refractivity contribution in [2.45, 2.75) is 26.4 Å². The molecule has 3 aromatic rings. The third-order valence-electron chi connectivity index (χ3n) is 4.35. The number of thiophene rings is 1. The van der Waals surface area contributed by atoms with Crippen molar-refractivity contribution in [1.82, 2.24) is 9.88 Å². The summed E-state index contributed by atoms with van der Waals surface area (Å²) in [6, 6.07) is 13.2. The van der Waals surface area contributed by atoms with E-state index in [1.165, 1.54) is 7.11 Å². The lowest BCUT2D eigenvalue weighted by atomic mass is 10.0. The summed E-state index contributed by atoms with van der Waals surface area (Å²) < 4.78 is 7.86. The van der Waals surface area contributed by atoms with Gasteiger partial charge in [0.2, 0.25) is 0 Å². The predicted octanol–water partition coefficient (Wildman–Crippen LogP) is 3.68. The average Bonchev–Trinajstić information content (AvgIpc) is 3.22. The van der Waals surface area contributed by atoms with Crippen molar-refractivity contribution < 1.29 is 14.3 Å². The molecule has 26 heavy (non-hydrogen) atoms. The molecule has 0 saturated carbocycles. The Morgan fingerprint density at radius 3 is 2.58 bits per heavy atom. The van der Waals surface area contributed by atoms with E-state index < -0.39 is 12.0 Å². The Balaban J connectivity index is 1.94. The number of amides is 1. The second-order valence-corrected chi connectivity index (χ2v) is 7.44. The number of nitrogens with one attached hydrogen (secondary N) is 1. The molecule has 0 fully saturated rings. The van der Waals surface area contributed by atoms with E-state index in [2.05, 4.69) is 5.32 Å². The van der Waals surface area contributed by atoms with Gasteiger partial charge in [-0.25, -0.2) is 4.79 Å². The largest absolute Gasteiger partial charge is 0.467 e. The molecule has 0 spiro atoms. The molecule has 3 rings (SSSR count). The van der Waals surface area contributed by atoms with Crippen molar-refractivity contribution in [3.8, 4) is 0 Å². The van der Waals surface area contributed by atoms with E-state index in [-0.39, 0.29) is 11.8 Å². The first-order valence-corrected chi connectivity index (χ1v) is 9.38. The van der Waals surface area contributed by atoms with Gasteiger partial charge in [-0.2, -0.15) is 0 Å². The fourth-order valence-corrected chi connectivity index (χ4v) is 3.76. The Morgan fingerprint density at radius 2 is 1.92 bits per heavy atom. The summed E-state index contributed by atoms with van der Waals surface area (Å²) >= 11 is 1.59. The lowest BCUT2D eigenvalue weighted by Gasteiger charge is -2.20.